The van der Waals surface area contributed by atoms with Crippen LogP contribution in [0.5, 0.6) is 0 Å². The maximum Gasteiger partial charge on any atom is 0.410 e. The van der Waals surface area contributed by atoms with Crippen LogP contribution in [0, 0.1) is 0 Å². The summed E-state index contributed by atoms with van der Waals surface area (Å²) < 4.78 is 32.7. The third kappa shape index (κ3) is 3.33. The van der Waals surface area contributed by atoms with E-state index in [9.17, 15) is 13.6 Å². The number of hydrogen-bond acceptors (Lipinski definition) is 3. The van der Waals surface area contributed by atoms with Crippen LogP contribution in [-0.2, 0) is 11.3 Å². The molecule has 0 bridgehead atoms. The van der Waals surface area contributed by atoms with Crippen LogP contribution in [0.25, 0.3) is 0 Å². The Morgan fingerprint density at radius 1 is 1.32 bits per heavy atom. The zero-order valence-electron chi connectivity index (χ0n) is 12.1. The molecule has 2 heterocycles. The topological polar surface area (TPSA) is 41.6 Å². The van der Waals surface area contributed by atoms with Crippen LogP contribution in [0.2, 0.25) is 0 Å². The smallest absolute Gasteiger partial charge is 0.410 e. The Morgan fingerprint density at radius 2 is 2.05 bits per heavy atom. The molecule has 2 fully saturated rings. The maximum atomic E-state index is 13.7. The van der Waals surface area contributed by atoms with E-state index in [0.717, 1.165) is 5.56 Å². The number of carbonyl (C=O) groups is 1. The van der Waals surface area contributed by atoms with Crippen molar-refractivity contribution in [1.82, 2.24) is 10.2 Å². The van der Waals surface area contributed by atoms with E-state index in [-0.39, 0.29) is 25.4 Å². The molecule has 22 heavy (non-hydrogen) atoms. The van der Waals surface area contributed by atoms with E-state index in [1.807, 2.05) is 30.3 Å². The van der Waals surface area contributed by atoms with Gasteiger partial charge in [-0.25, -0.2) is 13.6 Å². The first-order chi connectivity index (χ1) is 10.0. The lowest BCUT2D eigenvalue weighted by atomic mass is 9.94. The highest BCUT2D eigenvalue weighted by atomic mass is 35.5. The summed E-state index contributed by atoms with van der Waals surface area (Å²) in [6.45, 7) is 0.606. The molecule has 7 heteroatoms. The highest BCUT2D eigenvalue weighted by Crippen LogP contribution is 2.43. The number of halogens is 3. The average Bonchev–Trinajstić information content (AvgIpc) is 3.02. The van der Waals surface area contributed by atoms with Crippen LogP contribution in [0.15, 0.2) is 30.3 Å². The van der Waals surface area contributed by atoms with Crippen LogP contribution in [-0.4, -0.2) is 42.1 Å². The number of hydrogen-bond donors (Lipinski definition) is 1. The second-order valence-electron chi connectivity index (χ2n) is 5.81. The minimum absolute atomic E-state index is 0. The fraction of sp³-hybridized carbons (Fsp3) is 0.533. The van der Waals surface area contributed by atoms with Gasteiger partial charge in [0.25, 0.3) is 5.92 Å². The summed E-state index contributed by atoms with van der Waals surface area (Å²) in [7, 11) is 0. The van der Waals surface area contributed by atoms with Crippen molar-refractivity contribution < 1.29 is 18.3 Å². The Kier molecular flexibility index (Phi) is 4.92. The van der Waals surface area contributed by atoms with Gasteiger partial charge in [-0.1, -0.05) is 30.3 Å². The summed E-state index contributed by atoms with van der Waals surface area (Å²) in [5, 5.41) is 3.07. The first-order valence-corrected chi connectivity index (χ1v) is 7.08. The van der Waals surface area contributed by atoms with Gasteiger partial charge in [0, 0.05) is 13.0 Å². The van der Waals surface area contributed by atoms with Crippen LogP contribution in [0.3, 0.4) is 0 Å². The van der Waals surface area contributed by atoms with Crippen LogP contribution < -0.4 is 5.32 Å². The number of amides is 1. The van der Waals surface area contributed by atoms with Crippen LogP contribution >= 0.6 is 12.4 Å². The first kappa shape index (κ1) is 17.0. The van der Waals surface area contributed by atoms with Gasteiger partial charge in [0.1, 0.15) is 6.61 Å². The number of nitrogens with one attached hydrogen (secondary N) is 1. The lowest BCUT2D eigenvalue weighted by Gasteiger charge is -2.32. The molecule has 2 aliphatic rings. The molecule has 1 unspecified atom stereocenters. The van der Waals surface area contributed by atoms with E-state index < -0.39 is 24.1 Å². The van der Waals surface area contributed by atoms with Gasteiger partial charge >= 0.3 is 6.09 Å². The monoisotopic (exact) mass is 332 g/mol. The quantitative estimate of drug-likeness (QED) is 0.905. The standard InChI is InChI=1S/C15H18F2N2O2.ClH/c16-15(17)9-14(6-7-18-10-14)19(11-15)13(20)21-8-12-4-2-1-3-5-12;/h1-5,18H,6-11H2;1H. The summed E-state index contributed by atoms with van der Waals surface area (Å²) in [6, 6.07) is 9.22. The second-order valence-corrected chi connectivity index (χ2v) is 5.81. The van der Waals surface area contributed by atoms with E-state index in [1.54, 1.807) is 0 Å². The minimum atomic E-state index is -2.84. The summed E-state index contributed by atoms with van der Waals surface area (Å²) in [5.74, 6) is -2.84. The minimum Gasteiger partial charge on any atom is -0.445 e. The Balaban J connectivity index is 0.00000176. The Hall–Kier alpha value is -1.40. The molecular formula is C15H19ClF2N2O2. The predicted molar refractivity (Wildman–Crippen MR) is 80.4 cm³/mol. The SMILES string of the molecule is Cl.O=C(OCc1ccccc1)N1CC(F)(F)CC12CCNC2. The third-order valence-corrected chi connectivity index (χ3v) is 4.20. The molecule has 4 nitrogen and oxygen atoms in total. The molecule has 2 aliphatic heterocycles. The number of rotatable bonds is 2. The molecule has 1 atom stereocenters. The number of ether oxygens (including phenoxy) is 1. The van der Waals surface area contributed by atoms with E-state index >= 15 is 0 Å². The zero-order chi connectivity index (χ0) is 14.9. The highest BCUT2D eigenvalue weighted by molar-refractivity contribution is 5.85. The van der Waals surface area contributed by atoms with E-state index in [4.69, 9.17) is 4.74 Å². The first-order valence-electron chi connectivity index (χ1n) is 7.08. The van der Waals surface area contributed by atoms with Gasteiger partial charge in [-0.2, -0.15) is 0 Å². The molecule has 0 saturated carbocycles. The lowest BCUT2D eigenvalue weighted by molar-refractivity contribution is 0.00989. The van der Waals surface area contributed by atoms with Gasteiger partial charge in [-0.05, 0) is 18.5 Å². The van der Waals surface area contributed by atoms with Crippen molar-refractivity contribution in [3.05, 3.63) is 35.9 Å². The molecule has 1 aromatic carbocycles. The van der Waals surface area contributed by atoms with E-state index in [1.165, 1.54) is 4.90 Å². The fourth-order valence-electron chi connectivity index (χ4n) is 3.20. The molecule has 122 valence electrons. The molecular weight excluding hydrogens is 314 g/mol. The van der Waals surface area contributed by atoms with Crippen molar-refractivity contribution >= 4 is 18.5 Å². The zero-order valence-corrected chi connectivity index (χ0v) is 12.9. The molecule has 1 amide bonds. The number of likely N-dealkylation sites (tertiary alicyclic amines) is 1. The van der Waals surface area contributed by atoms with E-state index in [2.05, 4.69) is 5.32 Å². The molecule has 1 N–H and O–H groups in total. The van der Waals surface area contributed by atoms with Crippen molar-refractivity contribution in [3.8, 4) is 0 Å². The predicted octanol–water partition coefficient (Wildman–Crippen LogP) is 2.82. The molecule has 1 spiro atoms. The molecule has 0 radical (unpaired) electrons. The van der Waals surface area contributed by atoms with Gasteiger partial charge in [0.15, 0.2) is 0 Å². The van der Waals surface area contributed by atoms with Gasteiger partial charge in [0.2, 0.25) is 0 Å². The van der Waals surface area contributed by atoms with Crippen molar-refractivity contribution in [2.24, 2.45) is 0 Å². The van der Waals surface area contributed by atoms with E-state index in [0.29, 0.717) is 19.5 Å². The number of nitrogens with zero attached hydrogens (tertiary/aromatic N) is 1. The maximum absolute atomic E-state index is 13.7. The molecule has 0 aromatic heterocycles. The fourth-order valence-corrected chi connectivity index (χ4v) is 3.20. The van der Waals surface area contributed by atoms with Crippen molar-refractivity contribution in [2.45, 2.75) is 30.9 Å². The molecule has 2 saturated heterocycles. The van der Waals surface area contributed by atoms with Crippen molar-refractivity contribution in [2.75, 3.05) is 19.6 Å². The Bertz CT molecular complexity index is 522. The summed E-state index contributed by atoms with van der Waals surface area (Å²) >= 11 is 0. The average molecular weight is 333 g/mol. The van der Waals surface area contributed by atoms with Crippen LogP contribution in [0.4, 0.5) is 13.6 Å². The second kappa shape index (κ2) is 6.38. The number of benzene rings is 1. The number of alkyl halides is 2. The normalized spacial score (nSPS) is 26.0. The largest absolute Gasteiger partial charge is 0.445 e. The third-order valence-electron chi connectivity index (χ3n) is 4.20. The van der Waals surface area contributed by atoms with Crippen LogP contribution in [0.1, 0.15) is 18.4 Å². The summed E-state index contributed by atoms with van der Waals surface area (Å²) in [4.78, 5) is 13.4. The molecule has 1 aromatic rings. The van der Waals surface area contributed by atoms with Crippen molar-refractivity contribution in [3.63, 3.8) is 0 Å². The Labute approximate surface area is 134 Å². The van der Waals surface area contributed by atoms with Crippen molar-refractivity contribution in [1.29, 1.82) is 0 Å². The molecule has 0 aliphatic carbocycles. The van der Waals surface area contributed by atoms with Gasteiger partial charge in [-0.15, -0.1) is 12.4 Å². The molecule has 3 rings (SSSR count). The Morgan fingerprint density at radius 3 is 2.68 bits per heavy atom. The summed E-state index contributed by atoms with van der Waals surface area (Å²) in [5.41, 5.74) is 0.0486. The summed E-state index contributed by atoms with van der Waals surface area (Å²) in [6.07, 6.45) is -0.393. The van der Waals surface area contributed by atoms with Gasteiger partial charge in [0.05, 0.1) is 12.1 Å². The number of carbonyl (C=O) groups excluding carboxylic acids is 1. The van der Waals surface area contributed by atoms with Gasteiger partial charge in [-0.3, -0.25) is 4.90 Å². The lowest BCUT2D eigenvalue weighted by Crippen LogP contribution is -2.48. The highest BCUT2D eigenvalue weighted by Gasteiger charge is 2.58. The van der Waals surface area contributed by atoms with Gasteiger partial charge < -0.3 is 10.1 Å².